The zero-order chi connectivity index (χ0) is 25.7. The van der Waals surface area contributed by atoms with Gasteiger partial charge in [0.15, 0.2) is 0 Å². The molecule has 0 aliphatic rings. The molecule has 1 unspecified atom stereocenters. The average molecular weight is 494 g/mol. The Hall–Kier alpha value is -2.64. The molecule has 1 atom stereocenters. The summed E-state index contributed by atoms with van der Waals surface area (Å²) in [5.41, 5.74) is -0.119. The number of benzene rings is 1. The molecule has 8 heteroatoms. The lowest BCUT2D eigenvalue weighted by Gasteiger charge is -2.13. The Labute approximate surface area is 209 Å². The van der Waals surface area contributed by atoms with Gasteiger partial charge in [0.1, 0.15) is 5.75 Å². The van der Waals surface area contributed by atoms with E-state index in [2.05, 4.69) is 6.92 Å². The predicted octanol–water partition coefficient (Wildman–Crippen LogP) is 8.26. The quantitative estimate of drug-likeness (QED) is 0.0449. The van der Waals surface area contributed by atoms with Gasteiger partial charge < -0.3 is 14.2 Å². The van der Waals surface area contributed by atoms with Crippen LogP contribution < -0.4 is 4.74 Å². The van der Waals surface area contributed by atoms with Crippen LogP contribution in [0.15, 0.2) is 24.3 Å². The topological polar surface area (TPSA) is 105 Å². The van der Waals surface area contributed by atoms with Crippen LogP contribution in [0.2, 0.25) is 0 Å². The first kappa shape index (κ1) is 30.4. The van der Waals surface area contributed by atoms with Gasteiger partial charge in [-0.3, -0.25) is 14.9 Å². The fourth-order valence-corrected chi connectivity index (χ4v) is 3.80. The third kappa shape index (κ3) is 16.6. The van der Waals surface area contributed by atoms with Crippen LogP contribution in [0.4, 0.5) is 10.5 Å². The molecule has 35 heavy (non-hydrogen) atoms. The van der Waals surface area contributed by atoms with Gasteiger partial charge in [0.25, 0.3) is 5.69 Å². The molecular weight excluding hydrogens is 450 g/mol. The number of non-ortho nitro benzene ring substituents is 1. The van der Waals surface area contributed by atoms with Gasteiger partial charge in [-0.15, -0.1) is 0 Å². The molecule has 0 N–H and O–H groups in total. The third-order valence-electron chi connectivity index (χ3n) is 5.79. The van der Waals surface area contributed by atoms with Crippen molar-refractivity contribution < 1.29 is 28.7 Å². The minimum absolute atomic E-state index is 0.0944. The normalized spacial score (nSPS) is 11.6. The summed E-state index contributed by atoms with van der Waals surface area (Å²) in [6.07, 6.45) is 17.0. The molecule has 0 spiro atoms. The van der Waals surface area contributed by atoms with Crippen LogP contribution in [0.5, 0.6) is 5.75 Å². The van der Waals surface area contributed by atoms with Crippen LogP contribution in [-0.2, 0) is 14.3 Å². The number of unbranched alkanes of at least 4 members (excludes halogenated alkanes) is 14. The molecule has 0 fully saturated rings. The SMILES string of the molecule is CCCCCCCCCCCCCCCCCC(=O)OC(C)OC(=O)Oc1ccc([N+](=O)[O-])cc1. The number of hydrogen-bond donors (Lipinski definition) is 0. The van der Waals surface area contributed by atoms with E-state index in [-0.39, 0.29) is 17.9 Å². The van der Waals surface area contributed by atoms with Crippen molar-refractivity contribution >= 4 is 17.8 Å². The van der Waals surface area contributed by atoms with E-state index in [9.17, 15) is 19.7 Å². The lowest BCUT2D eigenvalue weighted by atomic mass is 10.0. The van der Waals surface area contributed by atoms with Gasteiger partial charge in [0, 0.05) is 25.5 Å². The molecule has 1 aromatic carbocycles. The Kier molecular flexibility index (Phi) is 17.1. The summed E-state index contributed by atoms with van der Waals surface area (Å²) < 4.78 is 14.9. The Balaban J connectivity index is 1.96. The molecule has 0 aliphatic heterocycles. The number of nitrogens with zero attached hydrogens (tertiary/aromatic N) is 1. The molecule has 0 radical (unpaired) electrons. The van der Waals surface area contributed by atoms with Crippen molar-refractivity contribution in [2.75, 3.05) is 0 Å². The van der Waals surface area contributed by atoms with Crippen LogP contribution in [0.3, 0.4) is 0 Å². The highest BCUT2D eigenvalue weighted by Crippen LogP contribution is 2.18. The molecule has 8 nitrogen and oxygen atoms in total. The highest BCUT2D eigenvalue weighted by molar-refractivity contribution is 5.70. The smallest absolute Gasteiger partial charge is 0.425 e. The van der Waals surface area contributed by atoms with E-state index in [1.54, 1.807) is 0 Å². The van der Waals surface area contributed by atoms with E-state index in [0.29, 0.717) is 0 Å². The number of hydrogen-bond acceptors (Lipinski definition) is 7. The number of esters is 1. The fraction of sp³-hybridized carbons (Fsp3) is 0.704. The number of rotatable bonds is 20. The minimum atomic E-state index is -1.08. The van der Waals surface area contributed by atoms with Gasteiger partial charge in [-0.2, -0.15) is 0 Å². The van der Waals surface area contributed by atoms with Crippen LogP contribution in [0, 0.1) is 10.1 Å². The molecule has 0 aromatic heterocycles. The van der Waals surface area contributed by atoms with E-state index < -0.39 is 23.3 Å². The highest BCUT2D eigenvalue weighted by Gasteiger charge is 2.16. The minimum Gasteiger partial charge on any atom is -0.425 e. The van der Waals surface area contributed by atoms with E-state index in [4.69, 9.17) is 14.2 Å². The molecule has 0 saturated carbocycles. The van der Waals surface area contributed by atoms with E-state index in [1.165, 1.54) is 108 Å². The van der Waals surface area contributed by atoms with Gasteiger partial charge >= 0.3 is 12.1 Å². The summed E-state index contributed by atoms with van der Waals surface area (Å²) in [7, 11) is 0. The molecule has 0 amide bonds. The summed E-state index contributed by atoms with van der Waals surface area (Å²) in [4.78, 5) is 33.7. The number of nitro benzene ring substituents is 1. The fourth-order valence-electron chi connectivity index (χ4n) is 3.80. The molecule has 1 rings (SSSR count). The van der Waals surface area contributed by atoms with E-state index in [1.807, 2.05) is 0 Å². The van der Waals surface area contributed by atoms with Gasteiger partial charge in [-0.1, -0.05) is 96.8 Å². The molecule has 0 heterocycles. The molecule has 0 bridgehead atoms. The first-order chi connectivity index (χ1) is 16.9. The molecule has 198 valence electrons. The van der Waals surface area contributed by atoms with Crippen LogP contribution in [-0.4, -0.2) is 23.3 Å². The number of nitro groups is 1. The van der Waals surface area contributed by atoms with Gasteiger partial charge in [-0.25, -0.2) is 4.79 Å². The Bertz CT molecular complexity index is 721. The number of ether oxygens (including phenoxy) is 3. The van der Waals surface area contributed by atoms with Crippen molar-refractivity contribution in [3.05, 3.63) is 34.4 Å². The second-order valence-corrected chi connectivity index (χ2v) is 8.98. The number of carbonyl (C=O) groups is 2. The summed E-state index contributed by atoms with van der Waals surface area (Å²) >= 11 is 0. The number of carbonyl (C=O) groups excluding carboxylic acids is 2. The zero-order valence-corrected chi connectivity index (χ0v) is 21.5. The Morgan fingerprint density at radius 2 is 1.23 bits per heavy atom. The third-order valence-corrected chi connectivity index (χ3v) is 5.79. The van der Waals surface area contributed by atoms with Crippen molar-refractivity contribution in [2.24, 2.45) is 0 Å². The largest absolute Gasteiger partial charge is 0.516 e. The lowest BCUT2D eigenvalue weighted by molar-refractivity contribution is -0.384. The highest BCUT2D eigenvalue weighted by atomic mass is 16.8. The maximum Gasteiger partial charge on any atom is 0.516 e. The first-order valence-corrected chi connectivity index (χ1v) is 13.2. The standard InChI is InChI=1S/C27H43NO7/c1-3-4-5-6-7-8-9-10-11-12-13-14-15-16-17-18-26(29)33-23(2)34-27(30)35-25-21-19-24(20-22-25)28(31)32/h19-23H,3-18H2,1-2H3. The van der Waals surface area contributed by atoms with E-state index in [0.717, 1.165) is 19.3 Å². The zero-order valence-electron chi connectivity index (χ0n) is 21.5. The van der Waals surface area contributed by atoms with Crippen LogP contribution in [0.1, 0.15) is 117 Å². The summed E-state index contributed by atoms with van der Waals surface area (Å²) in [5.74, 6) is -0.327. The Morgan fingerprint density at radius 3 is 1.69 bits per heavy atom. The van der Waals surface area contributed by atoms with Crippen molar-refractivity contribution in [3.8, 4) is 5.75 Å². The second kappa shape index (κ2) is 19.6. The summed E-state index contributed by atoms with van der Waals surface area (Å²) in [6, 6.07) is 4.99. The van der Waals surface area contributed by atoms with Gasteiger partial charge in [-0.05, 0) is 18.6 Å². The van der Waals surface area contributed by atoms with Crippen molar-refractivity contribution in [2.45, 2.75) is 123 Å². The van der Waals surface area contributed by atoms with E-state index >= 15 is 0 Å². The van der Waals surface area contributed by atoms with Crippen molar-refractivity contribution in [1.29, 1.82) is 0 Å². The molecule has 0 saturated heterocycles. The monoisotopic (exact) mass is 493 g/mol. The lowest BCUT2D eigenvalue weighted by Crippen LogP contribution is -2.23. The maximum absolute atomic E-state index is 11.9. The first-order valence-electron chi connectivity index (χ1n) is 13.2. The van der Waals surface area contributed by atoms with Gasteiger partial charge in [0.05, 0.1) is 4.92 Å². The Morgan fingerprint density at radius 1 is 0.771 bits per heavy atom. The predicted molar refractivity (Wildman–Crippen MR) is 135 cm³/mol. The molecule has 1 aromatic rings. The van der Waals surface area contributed by atoms with Crippen LogP contribution >= 0.6 is 0 Å². The van der Waals surface area contributed by atoms with Crippen molar-refractivity contribution in [3.63, 3.8) is 0 Å². The van der Waals surface area contributed by atoms with Crippen LogP contribution in [0.25, 0.3) is 0 Å². The van der Waals surface area contributed by atoms with Crippen molar-refractivity contribution in [1.82, 2.24) is 0 Å². The summed E-state index contributed by atoms with van der Waals surface area (Å²) in [6.45, 7) is 3.68. The second-order valence-electron chi connectivity index (χ2n) is 8.98. The summed E-state index contributed by atoms with van der Waals surface area (Å²) in [5, 5.41) is 10.6. The molecule has 0 aliphatic carbocycles. The maximum atomic E-state index is 11.9. The molecular formula is C27H43NO7. The van der Waals surface area contributed by atoms with Gasteiger partial charge in [0.2, 0.25) is 6.29 Å². The average Bonchev–Trinajstić information content (AvgIpc) is 2.81.